The van der Waals surface area contributed by atoms with Crippen molar-refractivity contribution in [3.63, 3.8) is 0 Å². The molecule has 0 bridgehead atoms. The van der Waals surface area contributed by atoms with Crippen LogP contribution in [-0.4, -0.2) is 35.7 Å². The molecule has 0 radical (unpaired) electrons. The maximum Gasteiger partial charge on any atom is 0.322 e. The summed E-state index contributed by atoms with van der Waals surface area (Å²) in [5.41, 5.74) is 1.91. The monoisotopic (exact) mass is 456 g/mol. The molecule has 1 aliphatic rings. The van der Waals surface area contributed by atoms with Gasteiger partial charge in [-0.15, -0.1) is 11.3 Å². The number of nitrogens with zero attached hydrogens (tertiary/aromatic N) is 1. The minimum absolute atomic E-state index is 0.0531. The van der Waals surface area contributed by atoms with Gasteiger partial charge in [0.05, 0.1) is 11.4 Å². The van der Waals surface area contributed by atoms with Gasteiger partial charge >= 0.3 is 5.97 Å². The average molecular weight is 457 g/mol. The number of carbonyl (C=O) groups excluding carboxylic acids is 1. The van der Waals surface area contributed by atoms with E-state index in [0.717, 1.165) is 14.7 Å². The predicted octanol–water partition coefficient (Wildman–Crippen LogP) is 4.03. The summed E-state index contributed by atoms with van der Waals surface area (Å²) < 4.78 is 26.9. The van der Waals surface area contributed by atoms with Gasteiger partial charge < -0.3 is 10.4 Å². The average Bonchev–Trinajstić information content (AvgIpc) is 3.28. The summed E-state index contributed by atoms with van der Waals surface area (Å²) in [6.45, 7) is 1.71. The number of fused-ring (bicyclic) bond motifs is 1. The molecule has 2 N–H and O–H groups in total. The van der Waals surface area contributed by atoms with Crippen molar-refractivity contribution >= 4 is 38.9 Å². The zero-order valence-corrected chi connectivity index (χ0v) is 18.2. The number of carboxylic acid groups (broad SMARTS) is 1. The Kier molecular flexibility index (Phi) is 5.65. The summed E-state index contributed by atoms with van der Waals surface area (Å²) in [6.07, 6.45) is 0.194. The molecule has 31 heavy (non-hydrogen) atoms. The highest BCUT2D eigenvalue weighted by Crippen LogP contribution is 2.42. The Morgan fingerprint density at radius 2 is 1.87 bits per heavy atom. The van der Waals surface area contributed by atoms with E-state index in [0.29, 0.717) is 16.1 Å². The van der Waals surface area contributed by atoms with Crippen LogP contribution in [0.3, 0.4) is 0 Å². The molecule has 2 aromatic carbocycles. The topological polar surface area (TPSA) is 104 Å². The number of amides is 1. The van der Waals surface area contributed by atoms with Gasteiger partial charge in [0.2, 0.25) is 10.0 Å². The van der Waals surface area contributed by atoms with Crippen molar-refractivity contribution in [2.24, 2.45) is 0 Å². The Balaban J connectivity index is 1.59. The third-order valence-corrected chi connectivity index (χ3v) is 8.34. The van der Waals surface area contributed by atoms with Gasteiger partial charge in [0.1, 0.15) is 6.04 Å². The van der Waals surface area contributed by atoms with E-state index in [2.05, 4.69) is 5.32 Å². The first-order chi connectivity index (χ1) is 14.8. The third kappa shape index (κ3) is 3.99. The molecule has 0 aliphatic carbocycles. The van der Waals surface area contributed by atoms with Gasteiger partial charge in [0, 0.05) is 21.0 Å². The van der Waals surface area contributed by atoms with Crippen molar-refractivity contribution in [3.8, 4) is 10.4 Å². The zero-order chi connectivity index (χ0) is 22.2. The maximum absolute atomic E-state index is 12.9. The lowest BCUT2D eigenvalue weighted by atomic mass is 10.1. The van der Waals surface area contributed by atoms with Crippen LogP contribution in [0.2, 0.25) is 0 Å². The molecule has 4 rings (SSSR count). The molecule has 1 aliphatic heterocycles. The van der Waals surface area contributed by atoms with Gasteiger partial charge in [0.25, 0.3) is 5.91 Å². The molecule has 1 atom stereocenters. The molecule has 1 unspecified atom stereocenters. The second-order valence-corrected chi connectivity index (χ2v) is 10.1. The molecule has 0 saturated heterocycles. The number of anilines is 1. The molecule has 9 heteroatoms. The van der Waals surface area contributed by atoms with E-state index in [-0.39, 0.29) is 23.8 Å². The Labute approximate surface area is 184 Å². The van der Waals surface area contributed by atoms with Crippen molar-refractivity contribution in [3.05, 3.63) is 71.1 Å². The number of aliphatic carboxylic acids is 1. The second kappa shape index (κ2) is 8.26. The highest BCUT2D eigenvalue weighted by molar-refractivity contribution is 7.89. The number of hydrogen-bond donors (Lipinski definition) is 2. The maximum atomic E-state index is 12.9. The fraction of sp³-hybridized carbons (Fsp3) is 0.182. The number of rotatable bonds is 6. The summed E-state index contributed by atoms with van der Waals surface area (Å²) in [4.78, 5) is 25.4. The highest BCUT2D eigenvalue weighted by atomic mass is 32.2. The number of carboxylic acids is 1. The Hall–Kier alpha value is -3.01. The smallest absolute Gasteiger partial charge is 0.322 e. The first-order valence-corrected chi connectivity index (χ1v) is 11.9. The third-order valence-electron chi connectivity index (χ3n) is 5.12. The fourth-order valence-electron chi connectivity index (χ4n) is 3.56. The number of sulfonamides is 1. The van der Waals surface area contributed by atoms with Crippen LogP contribution in [0.1, 0.15) is 28.6 Å². The van der Waals surface area contributed by atoms with Crippen molar-refractivity contribution < 1.29 is 23.1 Å². The fourth-order valence-corrected chi connectivity index (χ4v) is 6.95. The first kappa shape index (κ1) is 21.2. The molecule has 0 fully saturated rings. The van der Waals surface area contributed by atoms with Crippen LogP contribution < -0.4 is 5.32 Å². The van der Waals surface area contributed by atoms with Crippen molar-refractivity contribution in [2.75, 3.05) is 5.32 Å². The van der Waals surface area contributed by atoms with E-state index >= 15 is 0 Å². The molecule has 3 aromatic rings. The summed E-state index contributed by atoms with van der Waals surface area (Å²) >= 11 is 1.32. The van der Waals surface area contributed by atoms with Crippen LogP contribution >= 0.6 is 11.3 Å². The van der Waals surface area contributed by atoms with Crippen LogP contribution in [0.25, 0.3) is 10.4 Å². The number of benzene rings is 2. The molecule has 160 valence electrons. The first-order valence-electron chi connectivity index (χ1n) is 9.65. The lowest BCUT2D eigenvalue weighted by molar-refractivity contribution is -0.141. The van der Waals surface area contributed by atoms with Gasteiger partial charge in [0.15, 0.2) is 0 Å². The van der Waals surface area contributed by atoms with Gasteiger partial charge in [-0.3, -0.25) is 9.59 Å². The van der Waals surface area contributed by atoms with Crippen LogP contribution in [0, 0.1) is 0 Å². The number of nitrogens with one attached hydrogen (secondary N) is 1. The van der Waals surface area contributed by atoms with Crippen molar-refractivity contribution in [2.45, 2.75) is 30.8 Å². The standard InChI is InChI=1S/C22H20N2O5S2/c1-2-17(22(26)27)24-13-19-20(31(24,28)29)12-18(30-19)15-9-6-10-16(11-15)23-21(25)14-7-4-3-5-8-14/h3-12,17H,2,13H2,1H3,(H,23,25)(H,26,27). The Morgan fingerprint density at radius 3 is 2.52 bits per heavy atom. The van der Waals surface area contributed by atoms with Crippen LogP contribution in [0.15, 0.2) is 65.6 Å². The quantitative estimate of drug-likeness (QED) is 0.583. The minimum Gasteiger partial charge on any atom is -0.480 e. The SMILES string of the molecule is CCC(C(=O)O)N1Cc2sc(-c3cccc(NC(=O)c4ccccc4)c3)cc2S1(=O)=O. The van der Waals surface area contributed by atoms with Gasteiger partial charge in [-0.2, -0.15) is 4.31 Å². The number of thiophene rings is 1. The lowest BCUT2D eigenvalue weighted by Crippen LogP contribution is -2.40. The molecular weight excluding hydrogens is 436 g/mol. The Bertz CT molecular complexity index is 1250. The normalized spacial score (nSPS) is 15.9. The molecule has 1 aromatic heterocycles. The van der Waals surface area contributed by atoms with Crippen molar-refractivity contribution in [1.29, 1.82) is 0 Å². The van der Waals surface area contributed by atoms with E-state index in [1.54, 1.807) is 55.5 Å². The van der Waals surface area contributed by atoms with Crippen molar-refractivity contribution in [1.82, 2.24) is 4.31 Å². The summed E-state index contributed by atoms with van der Waals surface area (Å²) in [7, 11) is -3.86. The number of carbonyl (C=O) groups is 2. The molecule has 2 heterocycles. The van der Waals surface area contributed by atoms with Gasteiger partial charge in [-0.25, -0.2) is 8.42 Å². The van der Waals surface area contributed by atoms with Gasteiger partial charge in [-0.05, 0) is 42.3 Å². The Morgan fingerprint density at radius 1 is 1.13 bits per heavy atom. The van der Waals surface area contributed by atoms with Crippen LogP contribution in [-0.2, 0) is 21.4 Å². The number of hydrogen-bond acceptors (Lipinski definition) is 5. The highest BCUT2D eigenvalue weighted by Gasteiger charge is 2.43. The van der Waals surface area contributed by atoms with E-state index in [4.69, 9.17) is 0 Å². The van der Waals surface area contributed by atoms with Crippen LogP contribution in [0.4, 0.5) is 5.69 Å². The molecule has 0 spiro atoms. The largest absolute Gasteiger partial charge is 0.480 e. The molecule has 0 saturated carbocycles. The summed E-state index contributed by atoms with van der Waals surface area (Å²) in [6, 6.07) is 16.6. The summed E-state index contributed by atoms with van der Waals surface area (Å²) in [5.74, 6) is -1.38. The predicted molar refractivity (Wildman–Crippen MR) is 119 cm³/mol. The molecule has 7 nitrogen and oxygen atoms in total. The summed E-state index contributed by atoms with van der Waals surface area (Å²) in [5, 5.41) is 12.2. The molecular formula is C22H20N2O5S2. The van der Waals surface area contributed by atoms with E-state index in [1.165, 1.54) is 11.3 Å². The minimum atomic E-state index is -3.86. The lowest BCUT2D eigenvalue weighted by Gasteiger charge is -2.21. The van der Waals surface area contributed by atoms with E-state index in [9.17, 15) is 23.1 Å². The zero-order valence-electron chi connectivity index (χ0n) is 16.6. The van der Waals surface area contributed by atoms with Gasteiger partial charge in [-0.1, -0.05) is 37.3 Å². The van der Waals surface area contributed by atoms with E-state index in [1.807, 2.05) is 12.1 Å². The molecule has 1 amide bonds. The second-order valence-electron chi connectivity index (χ2n) is 7.11. The van der Waals surface area contributed by atoms with E-state index < -0.39 is 22.0 Å². The van der Waals surface area contributed by atoms with Crippen LogP contribution in [0.5, 0.6) is 0 Å².